The molecule has 35 heavy (non-hydrogen) atoms. The van der Waals surface area contributed by atoms with Crippen LogP contribution in [-0.2, 0) is 10.1 Å². The van der Waals surface area contributed by atoms with E-state index < -0.39 is 31.3 Å². The van der Waals surface area contributed by atoms with E-state index >= 15 is 0 Å². The molecule has 14 heteroatoms. The van der Waals surface area contributed by atoms with Gasteiger partial charge in [-0.25, -0.2) is 0 Å². The van der Waals surface area contributed by atoms with Gasteiger partial charge >= 0.3 is 15.8 Å². The first-order chi connectivity index (χ1) is 16.5. The zero-order chi connectivity index (χ0) is 25.8. The summed E-state index contributed by atoms with van der Waals surface area (Å²) in [7, 11) is -2.77. The summed E-state index contributed by atoms with van der Waals surface area (Å²) < 4.78 is 36.4. The van der Waals surface area contributed by atoms with Crippen LogP contribution in [0.15, 0.2) is 64.6 Å². The summed E-state index contributed by atoms with van der Waals surface area (Å²) >= 11 is 1.88. The lowest BCUT2D eigenvalue weighted by Crippen LogP contribution is -2.11. The third-order valence-electron chi connectivity index (χ3n) is 4.54. The Hall–Kier alpha value is -3.79. The molecule has 12 nitrogen and oxygen atoms in total. The Balaban J connectivity index is 1.85. The van der Waals surface area contributed by atoms with Gasteiger partial charge in [-0.05, 0) is 65.4 Å². The van der Waals surface area contributed by atoms with Crippen molar-refractivity contribution in [3.05, 3.63) is 89.5 Å². The highest BCUT2D eigenvalue weighted by molar-refractivity contribution is 14.1. The Bertz CT molecular complexity index is 1430. The first-order valence-electron chi connectivity index (χ1n) is 9.62. The molecule has 0 aliphatic carbocycles. The molecule has 0 fully saturated rings. The van der Waals surface area contributed by atoms with Gasteiger partial charge in [-0.2, -0.15) is 13.5 Å². The number of methoxy groups -OCH3 is 1. The number of hydrazone groups is 1. The van der Waals surface area contributed by atoms with Crippen LogP contribution in [0.3, 0.4) is 0 Å². The minimum Gasteiger partial charge on any atom is -0.493 e. The number of nitro groups is 2. The van der Waals surface area contributed by atoms with E-state index in [0.29, 0.717) is 9.13 Å². The van der Waals surface area contributed by atoms with Crippen molar-refractivity contribution >= 4 is 56.0 Å². The van der Waals surface area contributed by atoms with E-state index in [0.717, 1.165) is 17.7 Å². The van der Waals surface area contributed by atoms with E-state index in [2.05, 4.69) is 10.5 Å². The maximum Gasteiger partial charge on any atom is 0.339 e. The normalized spacial score (nSPS) is 11.3. The fourth-order valence-corrected chi connectivity index (χ4v) is 4.66. The molecule has 182 valence electrons. The molecule has 3 aromatic rings. The van der Waals surface area contributed by atoms with Gasteiger partial charge in [0.1, 0.15) is 10.6 Å². The van der Waals surface area contributed by atoms with E-state index in [1.807, 2.05) is 29.5 Å². The molecular weight excluding hydrogens is 595 g/mol. The summed E-state index contributed by atoms with van der Waals surface area (Å²) in [6.45, 7) is 1.83. The van der Waals surface area contributed by atoms with Gasteiger partial charge in [0.25, 0.3) is 5.69 Å². The fraction of sp³-hybridized carbons (Fsp3) is 0.0952. The predicted octanol–water partition coefficient (Wildman–Crippen LogP) is 4.64. The van der Waals surface area contributed by atoms with E-state index in [1.165, 1.54) is 37.6 Å². The molecule has 0 saturated carbocycles. The highest BCUT2D eigenvalue weighted by Gasteiger charge is 2.22. The molecule has 1 N–H and O–H groups in total. The molecule has 0 saturated heterocycles. The third-order valence-corrected chi connectivity index (χ3v) is 6.58. The number of aryl methyl sites for hydroxylation is 1. The van der Waals surface area contributed by atoms with E-state index in [1.54, 1.807) is 18.2 Å². The van der Waals surface area contributed by atoms with Gasteiger partial charge in [-0.3, -0.25) is 25.7 Å². The first-order valence-corrected chi connectivity index (χ1v) is 12.1. The van der Waals surface area contributed by atoms with Gasteiger partial charge in [0.05, 0.1) is 32.8 Å². The van der Waals surface area contributed by atoms with Gasteiger partial charge in [-0.15, -0.1) is 0 Å². The Morgan fingerprint density at radius 3 is 2.31 bits per heavy atom. The molecule has 0 amide bonds. The molecule has 0 unspecified atom stereocenters. The van der Waals surface area contributed by atoms with Crippen molar-refractivity contribution in [3.63, 3.8) is 0 Å². The van der Waals surface area contributed by atoms with Crippen molar-refractivity contribution in [2.45, 2.75) is 11.8 Å². The smallest absolute Gasteiger partial charge is 0.339 e. The standard InChI is InChI=1S/C21H17IN4O8S/c1-13-3-6-16(7-4-13)35(31,32)34-21-17(22)9-14(10-20(21)33-2)12-23-24-18-8-5-15(25(27)28)11-19(18)26(29)30/h3-12,24H,1-2H3/b23-12-. The number of halogens is 1. The lowest BCUT2D eigenvalue weighted by Gasteiger charge is -2.13. The lowest BCUT2D eigenvalue weighted by molar-refractivity contribution is -0.393. The third kappa shape index (κ3) is 6.21. The summed E-state index contributed by atoms with van der Waals surface area (Å²) in [5, 5.41) is 26.0. The van der Waals surface area contributed by atoms with Crippen LogP contribution in [0.1, 0.15) is 11.1 Å². The quantitative estimate of drug-likeness (QED) is 0.119. The zero-order valence-corrected chi connectivity index (χ0v) is 21.1. The minimum atomic E-state index is -4.12. The molecule has 0 aromatic heterocycles. The molecule has 3 aromatic carbocycles. The molecule has 0 spiro atoms. The number of nitrogens with one attached hydrogen (secondary N) is 1. The monoisotopic (exact) mass is 612 g/mol. The highest BCUT2D eigenvalue weighted by atomic mass is 127. The highest BCUT2D eigenvalue weighted by Crippen LogP contribution is 2.36. The molecule has 0 aliphatic heterocycles. The maximum absolute atomic E-state index is 12.7. The van der Waals surface area contributed by atoms with Gasteiger partial charge in [0, 0.05) is 6.07 Å². The number of benzene rings is 3. The van der Waals surface area contributed by atoms with Crippen molar-refractivity contribution in [1.82, 2.24) is 0 Å². The Morgan fingerprint density at radius 1 is 1.03 bits per heavy atom. The topological polar surface area (TPSA) is 163 Å². The molecule has 3 rings (SSSR count). The van der Waals surface area contributed by atoms with E-state index in [9.17, 15) is 28.6 Å². The summed E-state index contributed by atoms with van der Waals surface area (Å²) in [5.74, 6) is 0.111. The number of anilines is 1. The average Bonchev–Trinajstić information content (AvgIpc) is 2.80. The first kappa shape index (κ1) is 25.8. The van der Waals surface area contributed by atoms with Gasteiger partial charge in [0.2, 0.25) is 0 Å². The van der Waals surface area contributed by atoms with Crippen LogP contribution in [0.2, 0.25) is 0 Å². The van der Waals surface area contributed by atoms with E-state index in [-0.39, 0.29) is 22.1 Å². The summed E-state index contributed by atoms with van der Waals surface area (Å²) in [6, 6.07) is 12.3. The molecule has 0 radical (unpaired) electrons. The van der Waals surface area contributed by atoms with Gasteiger partial charge in [-0.1, -0.05) is 17.7 Å². The number of hydrogen-bond donors (Lipinski definition) is 1. The van der Waals surface area contributed by atoms with Crippen LogP contribution >= 0.6 is 22.6 Å². The second-order valence-electron chi connectivity index (χ2n) is 6.97. The van der Waals surface area contributed by atoms with Gasteiger partial charge < -0.3 is 8.92 Å². The number of nitrogens with zero attached hydrogens (tertiary/aromatic N) is 3. The Morgan fingerprint density at radius 2 is 1.71 bits per heavy atom. The average molecular weight is 612 g/mol. The Labute approximate surface area is 213 Å². The molecule has 0 bridgehead atoms. The predicted molar refractivity (Wildman–Crippen MR) is 136 cm³/mol. The van der Waals surface area contributed by atoms with Crippen molar-refractivity contribution in [3.8, 4) is 11.5 Å². The second kappa shape index (κ2) is 10.6. The molecule has 0 atom stereocenters. The summed E-state index contributed by atoms with van der Waals surface area (Å²) in [4.78, 5) is 20.6. The van der Waals surface area contributed by atoms with Crippen LogP contribution in [-0.4, -0.2) is 31.6 Å². The summed E-state index contributed by atoms with van der Waals surface area (Å²) in [6.07, 6.45) is 1.31. The number of nitro benzene ring substituents is 2. The molecular formula is C21H17IN4O8S. The largest absolute Gasteiger partial charge is 0.493 e. The van der Waals surface area contributed by atoms with E-state index in [4.69, 9.17) is 8.92 Å². The van der Waals surface area contributed by atoms with Crippen molar-refractivity contribution in [2.75, 3.05) is 12.5 Å². The number of rotatable bonds is 9. The van der Waals surface area contributed by atoms with Crippen LogP contribution in [0.5, 0.6) is 11.5 Å². The zero-order valence-electron chi connectivity index (χ0n) is 18.2. The van der Waals surface area contributed by atoms with Crippen LogP contribution < -0.4 is 14.3 Å². The van der Waals surface area contributed by atoms with Crippen LogP contribution in [0.25, 0.3) is 0 Å². The fourth-order valence-electron chi connectivity index (χ4n) is 2.81. The van der Waals surface area contributed by atoms with Crippen LogP contribution in [0, 0.1) is 30.7 Å². The van der Waals surface area contributed by atoms with Gasteiger partial charge in [0.15, 0.2) is 11.5 Å². The van der Waals surface area contributed by atoms with Crippen molar-refractivity contribution < 1.29 is 27.2 Å². The Kier molecular flexibility index (Phi) is 7.85. The van der Waals surface area contributed by atoms with Crippen LogP contribution in [0.4, 0.5) is 17.1 Å². The number of ether oxygens (including phenoxy) is 1. The molecule has 0 aliphatic rings. The lowest BCUT2D eigenvalue weighted by atomic mass is 10.2. The molecule has 0 heterocycles. The number of hydrogen-bond acceptors (Lipinski definition) is 10. The minimum absolute atomic E-state index is 0.00945. The SMILES string of the molecule is COc1cc(/C=N\Nc2ccc([N+](=O)[O-])cc2[N+](=O)[O-])cc(I)c1OS(=O)(=O)c1ccc(C)cc1. The maximum atomic E-state index is 12.7. The van der Waals surface area contributed by atoms with Crippen molar-refractivity contribution in [1.29, 1.82) is 0 Å². The van der Waals surface area contributed by atoms with Crippen molar-refractivity contribution in [2.24, 2.45) is 5.10 Å². The number of non-ortho nitro benzene ring substituents is 1. The second-order valence-corrected chi connectivity index (χ2v) is 9.68. The summed E-state index contributed by atoms with van der Waals surface area (Å²) in [5.41, 5.74) is 2.84.